The molecule has 1 aromatic heterocycles. The molecule has 0 unspecified atom stereocenters. The number of ketones is 1. The van der Waals surface area contributed by atoms with Crippen LogP contribution in [-0.2, 0) is 6.54 Å². The molecule has 0 aliphatic rings. The third kappa shape index (κ3) is 6.07. The van der Waals surface area contributed by atoms with Gasteiger partial charge in [0.2, 0.25) is 0 Å². The van der Waals surface area contributed by atoms with Crippen molar-refractivity contribution in [3.8, 4) is 5.75 Å². The molecule has 0 atom stereocenters. The molecule has 3 nitrogen and oxygen atoms in total. The fraction of sp³-hybridized carbons (Fsp3) is 0.250. The highest BCUT2D eigenvalue weighted by molar-refractivity contribution is 6.08. The number of hydrogen-bond acceptors (Lipinski definition) is 2. The summed E-state index contributed by atoms with van der Waals surface area (Å²) in [5.41, 5.74) is 1.40. The van der Waals surface area contributed by atoms with Gasteiger partial charge in [0, 0.05) is 29.7 Å². The fourth-order valence-electron chi connectivity index (χ4n) is 2.98. The topological polar surface area (TPSA) is 30.2 Å². The Morgan fingerprint density at radius 3 is 2.07 bits per heavy atom. The molecular formula is C24H26NO2+. The Hall–Kier alpha value is -2.94. The van der Waals surface area contributed by atoms with E-state index in [1.54, 1.807) is 0 Å². The van der Waals surface area contributed by atoms with Crippen LogP contribution in [0.3, 0.4) is 0 Å². The molecule has 3 rings (SSSR count). The van der Waals surface area contributed by atoms with Crippen LogP contribution in [-0.4, -0.2) is 12.4 Å². The van der Waals surface area contributed by atoms with Gasteiger partial charge in [0.05, 0.1) is 6.61 Å². The normalized spacial score (nSPS) is 10.5. The van der Waals surface area contributed by atoms with Gasteiger partial charge in [-0.3, -0.25) is 4.79 Å². The monoisotopic (exact) mass is 360 g/mol. The first kappa shape index (κ1) is 18.8. The maximum Gasteiger partial charge on any atom is 0.193 e. The zero-order valence-corrected chi connectivity index (χ0v) is 15.6. The summed E-state index contributed by atoms with van der Waals surface area (Å²) in [7, 11) is 0. The lowest BCUT2D eigenvalue weighted by molar-refractivity contribution is -0.697. The number of unbranched alkanes of at least 4 members (excludes halogenated alkanes) is 3. The van der Waals surface area contributed by atoms with Gasteiger partial charge >= 0.3 is 0 Å². The Kier molecular flexibility index (Phi) is 7.16. The lowest BCUT2D eigenvalue weighted by Gasteiger charge is -2.07. The number of carbonyl (C=O) groups is 1. The Morgan fingerprint density at radius 2 is 1.33 bits per heavy atom. The summed E-state index contributed by atoms with van der Waals surface area (Å²) < 4.78 is 8.01. The van der Waals surface area contributed by atoms with E-state index in [9.17, 15) is 4.79 Å². The van der Waals surface area contributed by atoms with Gasteiger partial charge in [-0.05, 0) is 43.5 Å². The SMILES string of the molecule is O=C(c1ccccc1)c1ccc(OCCCCCC[n+]2ccccc2)cc1. The lowest BCUT2D eigenvalue weighted by atomic mass is 10.0. The van der Waals surface area contributed by atoms with Crippen molar-refractivity contribution in [2.75, 3.05) is 6.61 Å². The second kappa shape index (κ2) is 10.3. The zero-order valence-electron chi connectivity index (χ0n) is 15.6. The second-order valence-electron chi connectivity index (χ2n) is 6.60. The molecule has 0 fully saturated rings. The summed E-state index contributed by atoms with van der Waals surface area (Å²) in [5, 5.41) is 0. The second-order valence-corrected chi connectivity index (χ2v) is 6.60. The Bertz CT molecular complexity index is 814. The average Bonchev–Trinajstić information content (AvgIpc) is 2.74. The quantitative estimate of drug-likeness (QED) is 0.294. The van der Waals surface area contributed by atoms with Gasteiger partial charge in [0.15, 0.2) is 18.2 Å². The van der Waals surface area contributed by atoms with E-state index in [0.717, 1.165) is 25.1 Å². The van der Waals surface area contributed by atoms with Crippen molar-refractivity contribution in [1.29, 1.82) is 0 Å². The number of pyridine rings is 1. The van der Waals surface area contributed by atoms with E-state index in [4.69, 9.17) is 4.74 Å². The van der Waals surface area contributed by atoms with E-state index in [1.165, 1.54) is 12.8 Å². The molecule has 0 aliphatic carbocycles. The van der Waals surface area contributed by atoms with Crippen LogP contribution in [0, 0.1) is 0 Å². The van der Waals surface area contributed by atoms with Crippen molar-refractivity contribution < 1.29 is 14.1 Å². The van der Waals surface area contributed by atoms with Crippen LogP contribution < -0.4 is 9.30 Å². The van der Waals surface area contributed by atoms with Gasteiger partial charge in [-0.25, -0.2) is 4.57 Å². The fourth-order valence-corrected chi connectivity index (χ4v) is 2.98. The smallest absolute Gasteiger partial charge is 0.193 e. The number of hydrogen-bond donors (Lipinski definition) is 0. The minimum atomic E-state index is 0.0402. The van der Waals surface area contributed by atoms with E-state index < -0.39 is 0 Å². The largest absolute Gasteiger partial charge is 0.494 e. The van der Waals surface area contributed by atoms with Crippen LogP contribution >= 0.6 is 0 Å². The first-order valence-corrected chi connectivity index (χ1v) is 9.59. The number of aryl methyl sites for hydroxylation is 1. The minimum absolute atomic E-state index is 0.0402. The molecule has 138 valence electrons. The maximum atomic E-state index is 12.4. The molecular weight excluding hydrogens is 334 g/mol. The van der Waals surface area contributed by atoms with E-state index >= 15 is 0 Å². The third-order valence-corrected chi connectivity index (χ3v) is 4.51. The molecule has 0 radical (unpaired) electrons. The molecule has 3 heteroatoms. The van der Waals surface area contributed by atoms with Crippen LogP contribution in [0.5, 0.6) is 5.75 Å². The van der Waals surface area contributed by atoms with E-state index in [2.05, 4.69) is 29.1 Å². The number of aromatic nitrogens is 1. The predicted molar refractivity (Wildman–Crippen MR) is 107 cm³/mol. The van der Waals surface area contributed by atoms with Crippen molar-refractivity contribution >= 4 is 5.78 Å². The average molecular weight is 360 g/mol. The highest BCUT2D eigenvalue weighted by atomic mass is 16.5. The van der Waals surface area contributed by atoms with Gasteiger partial charge in [0.1, 0.15) is 12.3 Å². The predicted octanol–water partition coefficient (Wildman–Crippen LogP) is 4.84. The highest BCUT2D eigenvalue weighted by Gasteiger charge is 2.08. The van der Waals surface area contributed by atoms with Crippen molar-refractivity contribution in [2.45, 2.75) is 32.2 Å². The van der Waals surface area contributed by atoms with Gasteiger partial charge in [-0.1, -0.05) is 36.4 Å². The van der Waals surface area contributed by atoms with Crippen molar-refractivity contribution in [1.82, 2.24) is 0 Å². The van der Waals surface area contributed by atoms with Crippen LogP contribution in [0.2, 0.25) is 0 Å². The maximum absolute atomic E-state index is 12.4. The first-order chi connectivity index (χ1) is 13.3. The summed E-state index contributed by atoms with van der Waals surface area (Å²) in [6, 6.07) is 22.9. The molecule has 0 saturated heterocycles. The molecule has 3 aromatic rings. The van der Waals surface area contributed by atoms with Crippen molar-refractivity contribution in [2.24, 2.45) is 0 Å². The molecule has 2 aromatic carbocycles. The van der Waals surface area contributed by atoms with Crippen molar-refractivity contribution in [3.63, 3.8) is 0 Å². The number of ether oxygens (including phenoxy) is 1. The van der Waals surface area contributed by atoms with Crippen LogP contribution in [0.25, 0.3) is 0 Å². The van der Waals surface area contributed by atoms with E-state index in [0.29, 0.717) is 17.7 Å². The van der Waals surface area contributed by atoms with Gasteiger partial charge in [-0.15, -0.1) is 0 Å². The van der Waals surface area contributed by atoms with Crippen LogP contribution in [0.15, 0.2) is 85.2 Å². The molecule has 0 aliphatic heterocycles. The zero-order chi connectivity index (χ0) is 18.7. The number of benzene rings is 2. The first-order valence-electron chi connectivity index (χ1n) is 9.59. The minimum Gasteiger partial charge on any atom is -0.494 e. The van der Waals surface area contributed by atoms with E-state index in [1.807, 2.05) is 60.7 Å². The van der Waals surface area contributed by atoms with Gasteiger partial charge in [0.25, 0.3) is 0 Å². The molecule has 0 amide bonds. The Labute approximate surface area is 161 Å². The number of nitrogens with zero attached hydrogens (tertiary/aromatic N) is 1. The molecule has 0 spiro atoms. The summed E-state index contributed by atoms with van der Waals surface area (Å²) in [6.45, 7) is 1.78. The molecule has 0 bridgehead atoms. The summed E-state index contributed by atoms with van der Waals surface area (Å²) in [4.78, 5) is 12.4. The number of carbonyl (C=O) groups excluding carboxylic acids is 1. The lowest BCUT2D eigenvalue weighted by Crippen LogP contribution is -2.32. The van der Waals surface area contributed by atoms with Crippen LogP contribution in [0.1, 0.15) is 41.6 Å². The van der Waals surface area contributed by atoms with E-state index in [-0.39, 0.29) is 5.78 Å². The van der Waals surface area contributed by atoms with Gasteiger partial charge in [-0.2, -0.15) is 0 Å². The summed E-state index contributed by atoms with van der Waals surface area (Å²) in [5.74, 6) is 0.859. The Balaban J connectivity index is 1.34. The molecule has 0 N–H and O–H groups in total. The standard InChI is InChI=1S/C24H26NO2/c26-24(21-11-5-3-6-12-21)22-13-15-23(16-14-22)27-20-10-2-1-7-17-25-18-8-4-9-19-25/h3-6,8-9,11-16,18-19H,1-2,7,10,17,20H2/q+1. The third-order valence-electron chi connectivity index (χ3n) is 4.51. The molecule has 27 heavy (non-hydrogen) atoms. The molecule has 1 heterocycles. The summed E-state index contributed by atoms with van der Waals surface area (Å²) >= 11 is 0. The van der Waals surface area contributed by atoms with Crippen LogP contribution in [0.4, 0.5) is 0 Å². The number of rotatable bonds is 10. The van der Waals surface area contributed by atoms with Gasteiger partial charge < -0.3 is 4.74 Å². The van der Waals surface area contributed by atoms with Crippen molar-refractivity contribution in [3.05, 3.63) is 96.3 Å². The summed E-state index contributed by atoms with van der Waals surface area (Å²) in [6.07, 6.45) is 8.81. The molecule has 0 saturated carbocycles. The Morgan fingerprint density at radius 1 is 0.704 bits per heavy atom. The highest BCUT2D eigenvalue weighted by Crippen LogP contribution is 2.16.